The molecule has 2 heterocycles. The molecule has 124 valence electrons. The van der Waals surface area contributed by atoms with Gasteiger partial charge in [0, 0.05) is 37.2 Å². The lowest BCUT2D eigenvalue weighted by Gasteiger charge is -2.27. The van der Waals surface area contributed by atoms with Crippen molar-refractivity contribution in [2.45, 2.75) is 23.9 Å². The van der Waals surface area contributed by atoms with Crippen molar-refractivity contribution < 1.29 is 12.8 Å². The average molecular weight is 367 g/mol. The van der Waals surface area contributed by atoms with Crippen LogP contribution in [0.5, 0.6) is 0 Å². The Morgan fingerprint density at radius 3 is 2.68 bits per heavy atom. The zero-order valence-electron chi connectivity index (χ0n) is 12.1. The maximum absolute atomic E-state index is 12.7. The van der Waals surface area contributed by atoms with Crippen LogP contribution in [0.3, 0.4) is 0 Å². The van der Waals surface area contributed by atoms with Gasteiger partial charge in [-0.1, -0.05) is 6.07 Å². The van der Waals surface area contributed by atoms with E-state index in [0.29, 0.717) is 31.0 Å². The lowest BCUT2D eigenvalue weighted by Crippen LogP contribution is -2.39. The molecule has 0 amide bonds. The zero-order valence-corrected chi connectivity index (χ0v) is 14.6. The molecular weight excluding hydrogens is 347 g/mol. The predicted molar refractivity (Wildman–Crippen MR) is 90.1 cm³/mol. The first-order chi connectivity index (χ1) is 10.1. The van der Waals surface area contributed by atoms with E-state index in [2.05, 4.69) is 5.32 Å². The van der Waals surface area contributed by atoms with Gasteiger partial charge in [-0.2, -0.15) is 16.1 Å². The third-order valence-electron chi connectivity index (χ3n) is 4.02. The third kappa shape index (κ3) is 3.59. The van der Waals surface area contributed by atoms with E-state index in [1.54, 1.807) is 28.2 Å². The van der Waals surface area contributed by atoms with Crippen LogP contribution in [0, 0.1) is 0 Å². The van der Waals surface area contributed by atoms with Crippen molar-refractivity contribution in [3.05, 3.63) is 29.3 Å². The molecule has 0 bridgehead atoms. The van der Waals surface area contributed by atoms with Gasteiger partial charge in [-0.15, -0.1) is 12.4 Å². The van der Waals surface area contributed by atoms with Gasteiger partial charge in [-0.05, 0) is 29.7 Å². The summed E-state index contributed by atoms with van der Waals surface area (Å²) in [6.45, 7) is 1.28. The van der Waals surface area contributed by atoms with Gasteiger partial charge < -0.3 is 5.32 Å². The summed E-state index contributed by atoms with van der Waals surface area (Å²) in [5, 5.41) is 3.10. The molecule has 1 unspecified atom stereocenters. The van der Waals surface area contributed by atoms with Gasteiger partial charge in [0.2, 0.25) is 10.0 Å². The number of sulfonamides is 1. The standard InChI is InChI=1S/C14H19FN2O2S2.ClH/c15-9-13-7-11-1-2-14(8-12(11)10-16-13)21(18,19)17-3-5-20-6-4-17;/h1-2,8,13,16H,3-7,9-10H2;1H. The SMILES string of the molecule is Cl.O=S(=O)(c1ccc2c(c1)CNC(CF)C2)N1CCSCC1. The number of hydrogen-bond acceptors (Lipinski definition) is 4. The fourth-order valence-corrected chi connectivity index (χ4v) is 5.39. The highest BCUT2D eigenvalue weighted by Crippen LogP contribution is 2.25. The van der Waals surface area contributed by atoms with Crippen molar-refractivity contribution in [2.24, 2.45) is 0 Å². The summed E-state index contributed by atoms with van der Waals surface area (Å²) in [5.74, 6) is 1.70. The molecule has 0 aromatic heterocycles. The van der Waals surface area contributed by atoms with Crippen molar-refractivity contribution in [1.82, 2.24) is 9.62 Å². The molecular formula is C14H20ClFN2O2S2. The van der Waals surface area contributed by atoms with Crippen LogP contribution in [0.25, 0.3) is 0 Å². The lowest BCUT2D eigenvalue weighted by molar-refractivity contribution is 0.358. The third-order valence-corrected chi connectivity index (χ3v) is 6.86. The molecule has 0 saturated carbocycles. The number of fused-ring (bicyclic) bond motifs is 1. The van der Waals surface area contributed by atoms with Crippen LogP contribution in [-0.4, -0.2) is 50.0 Å². The maximum Gasteiger partial charge on any atom is 0.243 e. The normalized spacial score (nSPS) is 22.7. The van der Waals surface area contributed by atoms with Crippen LogP contribution in [-0.2, 0) is 23.0 Å². The quantitative estimate of drug-likeness (QED) is 0.886. The fraction of sp³-hybridized carbons (Fsp3) is 0.571. The first kappa shape index (κ1) is 18.0. The van der Waals surface area contributed by atoms with E-state index < -0.39 is 16.7 Å². The number of alkyl halides is 1. The monoisotopic (exact) mass is 366 g/mol. The highest BCUT2D eigenvalue weighted by molar-refractivity contribution is 7.99. The number of thioether (sulfide) groups is 1. The van der Waals surface area contributed by atoms with E-state index in [1.807, 2.05) is 6.07 Å². The molecule has 1 aromatic carbocycles. The molecule has 1 fully saturated rings. The molecule has 22 heavy (non-hydrogen) atoms. The Morgan fingerprint density at radius 1 is 1.27 bits per heavy atom. The molecule has 3 rings (SSSR count). The molecule has 0 aliphatic carbocycles. The van der Waals surface area contributed by atoms with Gasteiger partial charge in [-0.3, -0.25) is 0 Å². The number of nitrogens with zero attached hydrogens (tertiary/aromatic N) is 1. The second-order valence-electron chi connectivity index (χ2n) is 5.38. The zero-order chi connectivity index (χ0) is 14.9. The lowest BCUT2D eigenvalue weighted by atomic mass is 9.96. The van der Waals surface area contributed by atoms with Gasteiger partial charge in [0.25, 0.3) is 0 Å². The molecule has 0 radical (unpaired) electrons. The summed E-state index contributed by atoms with van der Waals surface area (Å²) in [6, 6.07) is 5.09. The van der Waals surface area contributed by atoms with Crippen LogP contribution in [0.4, 0.5) is 4.39 Å². The Morgan fingerprint density at radius 2 is 2.00 bits per heavy atom. The summed E-state index contributed by atoms with van der Waals surface area (Å²) in [5.41, 5.74) is 2.01. The summed E-state index contributed by atoms with van der Waals surface area (Å²) >= 11 is 1.78. The summed E-state index contributed by atoms with van der Waals surface area (Å²) < 4.78 is 39.5. The first-order valence-corrected chi connectivity index (χ1v) is 9.70. The minimum absolute atomic E-state index is 0. The number of hydrogen-bond donors (Lipinski definition) is 1. The second kappa shape index (κ2) is 7.49. The van der Waals surface area contributed by atoms with Crippen LogP contribution in [0.2, 0.25) is 0 Å². The van der Waals surface area contributed by atoms with E-state index in [9.17, 15) is 12.8 Å². The van der Waals surface area contributed by atoms with Gasteiger partial charge in [0.05, 0.1) is 4.90 Å². The van der Waals surface area contributed by atoms with E-state index in [-0.39, 0.29) is 18.4 Å². The topological polar surface area (TPSA) is 49.4 Å². The minimum atomic E-state index is -3.40. The number of halogens is 2. The molecule has 4 nitrogen and oxygen atoms in total. The molecule has 2 aliphatic heterocycles. The summed E-state index contributed by atoms with van der Waals surface area (Å²) in [6.07, 6.45) is 0.618. The first-order valence-electron chi connectivity index (χ1n) is 7.10. The Labute approximate surface area is 141 Å². The van der Waals surface area contributed by atoms with Crippen LogP contribution in [0.15, 0.2) is 23.1 Å². The minimum Gasteiger partial charge on any atom is -0.307 e. The van der Waals surface area contributed by atoms with Gasteiger partial charge >= 0.3 is 0 Å². The number of benzene rings is 1. The Balaban J connectivity index is 0.00000176. The van der Waals surface area contributed by atoms with Crippen LogP contribution in [0.1, 0.15) is 11.1 Å². The van der Waals surface area contributed by atoms with Crippen molar-refractivity contribution in [2.75, 3.05) is 31.3 Å². The largest absolute Gasteiger partial charge is 0.307 e. The number of nitrogens with one attached hydrogen (secondary N) is 1. The van der Waals surface area contributed by atoms with Crippen molar-refractivity contribution >= 4 is 34.2 Å². The van der Waals surface area contributed by atoms with Crippen molar-refractivity contribution in [3.63, 3.8) is 0 Å². The van der Waals surface area contributed by atoms with Crippen molar-refractivity contribution in [3.8, 4) is 0 Å². The van der Waals surface area contributed by atoms with Gasteiger partial charge in [0.15, 0.2) is 0 Å². The molecule has 1 atom stereocenters. The Kier molecular flexibility index (Phi) is 6.13. The van der Waals surface area contributed by atoms with E-state index in [1.165, 1.54) is 0 Å². The Hall–Kier alpha value is -0.340. The van der Waals surface area contributed by atoms with Crippen molar-refractivity contribution in [1.29, 1.82) is 0 Å². The fourth-order valence-electron chi connectivity index (χ4n) is 2.76. The summed E-state index contributed by atoms with van der Waals surface area (Å²) in [7, 11) is -3.40. The molecule has 1 saturated heterocycles. The average Bonchev–Trinajstić information content (AvgIpc) is 2.54. The van der Waals surface area contributed by atoms with E-state index >= 15 is 0 Å². The Bertz CT molecular complexity index is 621. The van der Waals surface area contributed by atoms with Crippen LogP contribution >= 0.6 is 24.2 Å². The van der Waals surface area contributed by atoms with Gasteiger partial charge in [0.1, 0.15) is 6.67 Å². The number of rotatable bonds is 3. The molecule has 8 heteroatoms. The predicted octanol–water partition coefficient (Wildman–Crippen LogP) is 1.83. The molecule has 1 N–H and O–H groups in total. The molecule has 2 aliphatic rings. The highest BCUT2D eigenvalue weighted by Gasteiger charge is 2.27. The van der Waals surface area contributed by atoms with E-state index in [0.717, 1.165) is 22.6 Å². The van der Waals surface area contributed by atoms with Crippen LogP contribution < -0.4 is 5.32 Å². The molecule has 0 spiro atoms. The summed E-state index contributed by atoms with van der Waals surface area (Å²) in [4.78, 5) is 0.355. The smallest absolute Gasteiger partial charge is 0.243 e. The maximum atomic E-state index is 12.7. The second-order valence-corrected chi connectivity index (χ2v) is 8.55. The highest BCUT2D eigenvalue weighted by atomic mass is 35.5. The van der Waals surface area contributed by atoms with E-state index in [4.69, 9.17) is 0 Å². The molecule has 1 aromatic rings. The van der Waals surface area contributed by atoms with Gasteiger partial charge in [-0.25, -0.2) is 12.8 Å².